The van der Waals surface area contributed by atoms with Crippen molar-refractivity contribution in [1.29, 1.82) is 0 Å². The van der Waals surface area contributed by atoms with E-state index in [4.69, 9.17) is 11.3 Å². The number of hydrogen-bond donors (Lipinski definition) is 2. The van der Waals surface area contributed by atoms with Crippen LogP contribution in [0.2, 0.25) is 0 Å². The number of nitrogen functional groups attached to an aromatic ring is 1. The Hall–Kier alpha value is -2.12. The molecule has 0 radical (unpaired) electrons. The summed E-state index contributed by atoms with van der Waals surface area (Å²) in [5, 5.41) is 12.8. The van der Waals surface area contributed by atoms with Gasteiger partial charge in [0.2, 0.25) is 0 Å². The zero-order valence-electron chi connectivity index (χ0n) is 10.2. The van der Waals surface area contributed by atoms with Crippen molar-refractivity contribution in [3.8, 4) is 0 Å². The highest BCUT2D eigenvalue weighted by atomic mass is 19.1. The predicted molar refractivity (Wildman–Crippen MR) is 64.6 cm³/mol. The molecular weight excluding hydrogens is 255 g/mol. The average molecular weight is 268 g/mol. The van der Waals surface area contributed by atoms with Gasteiger partial charge in [0, 0.05) is 17.7 Å². The minimum Gasteiger partial charge on any atom is -0.396 e. The number of aliphatic hydroxyl groups is 1. The summed E-state index contributed by atoms with van der Waals surface area (Å²) in [7, 11) is 0. The normalized spacial score (nSPS) is 29.4. The lowest BCUT2D eigenvalue weighted by molar-refractivity contribution is 0.0119. The maximum absolute atomic E-state index is 13.4. The summed E-state index contributed by atoms with van der Waals surface area (Å²) in [6.45, 7) is 1.44. The zero-order valence-corrected chi connectivity index (χ0v) is 10.2. The van der Waals surface area contributed by atoms with E-state index in [2.05, 4.69) is 15.0 Å². The van der Waals surface area contributed by atoms with Crippen LogP contribution in [-0.4, -0.2) is 26.8 Å². The van der Waals surface area contributed by atoms with Crippen LogP contribution in [0.1, 0.15) is 19.4 Å². The van der Waals surface area contributed by atoms with Gasteiger partial charge in [-0.2, -0.15) is 4.98 Å². The monoisotopic (exact) mass is 268 g/mol. The first-order valence-corrected chi connectivity index (χ1v) is 5.65. The fraction of sp³-hybridized carbons (Fsp3) is 0.600. The molecule has 9 heteroatoms. The summed E-state index contributed by atoms with van der Waals surface area (Å²) in [6, 6.07) is -0.546. The number of nitrogens with two attached hydrogens (primary N) is 1. The van der Waals surface area contributed by atoms with Crippen LogP contribution in [0, 0.1) is 11.7 Å². The Balaban J connectivity index is 2.46. The van der Waals surface area contributed by atoms with Gasteiger partial charge in [-0.15, -0.1) is 0 Å². The Labute approximate surface area is 107 Å². The molecule has 3 atom stereocenters. The molecule has 8 nitrogen and oxygen atoms in total. The summed E-state index contributed by atoms with van der Waals surface area (Å²) in [6.07, 6.45) is 1.35. The third-order valence-electron chi connectivity index (χ3n) is 3.76. The molecule has 0 unspecified atom stereocenters. The Morgan fingerprint density at radius 1 is 1.84 bits per heavy atom. The van der Waals surface area contributed by atoms with Gasteiger partial charge in [-0.1, -0.05) is 12.0 Å². The zero-order chi connectivity index (χ0) is 14.2. The van der Waals surface area contributed by atoms with Gasteiger partial charge < -0.3 is 10.8 Å². The third-order valence-corrected chi connectivity index (χ3v) is 3.76. The van der Waals surface area contributed by atoms with Crippen LogP contribution in [0.5, 0.6) is 0 Å². The van der Waals surface area contributed by atoms with Crippen molar-refractivity contribution in [2.75, 3.05) is 12.3 Å². The predicted octanol–water partition coefficient (Wildman–Crippen LogP) is 0.587. The summed E-state index contributed by atoms with van der Waals surface area (Å²) < 4.78 is 14.5. The molecule has 1 saturated carbocycles. The van der Waals surface area contributed by atoms with E-state index in [9.17, 15) is 14.3 Å². The van der Waals surface area contributed by atoms with E-state index >= 15 is 0 Å². The average Bonchev–Trinajstić information content (AvgIpc) is 2.35. The Morgan fingerprint density at radius 2 is 2.53 bits per heavy atom. The van der Waals surface area contributed by atoms with Crippen molar-refractivity contribution in [3.63, 3.8) is 0 Å². The van der Waals surface area contributed by atoms with Crippen LogP contribution in [0.3, 0.4) is 0 Å². The Bertz CT molecular complexity index is 611. The highest BCUT2D eigenvalue weighted by Crippen LogP contribution is 2.49. The van der Waals surface area contributed by atoms with Gasteiger partial charge in [-0.3, -0.25) is 4.57 Å². The Morgan fingerprint density at radius 3 is 3.11 bits per heavy atom. The number of nitrogens with zero attached hydrogens (tertiary/aromatic N) is 5. The highest BCUT2D eigenvalue weighted by molar-refractivity contribution is 5.27. The van der Waals surface area contributed by atoms with Crippen molar-refractivity contribution in [3.05, 3.63) is 32.9 Å². The number of aromatic nitrogens is 2. The van der Waals surface area contributed by atoms with Crippen molar-refractivity contribution in [2.45, 2.75) is 24.9 Å². The molecule has 3 N–H and O–H groups in total. The van der Waals surface area contributed by atoms with Crippen LogP contribution < -0.4 is 11.4 Å². The molecule has 1 heterocycles. The molecule has 1 fully saturated rings. The van der Waals surface area contributed by atoms with E-state index in [1.165, 1.54) is 0 Å². The minimum atomic E-state index is -0.989. The van der Waals surface area contributed by atoms with E-state index in [-0.39, 0.29) is 12.5 Å². The number of aliphatic hydroxyl groups excluding tert-OH is 1. The first-order valence-electron chi connectivity index (χ1n) is 5.65. The van der Waals surface area contributed by atoms with E-state index in [0.29, 0.717) is 6.42 Å². The molecule has 1 aromatic rings. The SMILES string of the molecule is C[C@@]1(N=[N+]=[N-])[C@@H](CO)C[C@H]1n1cc(F)c(N)nc1=O. The van der Waals surface area contributed by atoms with Crippen molar-refractivity contribution >= 4 is 5.82 Å². The third kappa shape index (κ3) is 1.92. The first kappa shape index (κ1) is 13.3. The lowest BCUT2D eigenvalue weighted by Gasteiger charge is -2.50. The molecular formula is C10H13FN6O2. The molecule has 0 aromatic carbocycles. The molecule has 0 spiro atoms. The Kier molecular flexibility index (Phi) is 3.17. The summed E-state index contributed by atoms with van der Waals surface area (Å²) in [5.41, 5.74) is 12.1. The molecule has 0 amide bonds. The van der Waals surface area contributed by atoms with E-state index in [0.717, 1.165) is 10.8 Å². The second-order valence-corrected chi connectivity index (χ2v) is 4.71. The number of halogens is 1. The number of rotatable bonds is 3. The van der Waals surface area contributed by atoms with E-state index in [1.807, 2.05) is 0 Å². The minimum absolute atomic E-state index is 0.175. The standard InChI is InChI=1S/C10H13FN6O2/c1-10(15-16-13)5(4-18)2-7(10)17-3-6(11)8(12)14-9(17)19/h3,5,7,18H,2,4H2,1H3,(H2,12,14,19)/t5-,7-,10-/m1/s1. The lowest BCUT2D eigenvalue weighted by atomic mass is 9.64. The van der Waals surface area contributed by atoms with Crippen LogP contribution in [0.4, 0.5) is 10.2 Å². The lowest BCUT2D eigenvalue weighted by Crippen LogP contribution is -2.56. The quantitative estimate of drug-likeness (QED) is 0.471. The number of azide groups is 1. The smallest absolute Gasteiger partial charge is 0.349 e. The maximum atomic E-state index is 13.4. The molecule has 2 rings (SSSR count). The van der Waals surface area contributed by atoms with Crippen molar-refractivity contribution in [2.24, 2.45) is 11.0 Å². The van der Waals surface area contributed by atoms with Crippen molar-refractivity contribution < 1.29 is 9.50 Å². The molecule has 19 heavy (non-hydrogen) atoms. The van der Waals surface area contributed by atoms with Gasteiger partial charge in [-0.25, -0.2) is 9.18 Å². The first-order chi connectivity index (χ1) is 8.93. The van der Waals surface area contributed by atoms with Crippen LogP contribution >= 0.6 is 0 Å². The molecule has 0 bridgehead atoms. The second kappa shape index (κ2) is 4.52. The molecule has 0 aliphatic heterocycles. The summed E-state index contributed by atoms with van der Waals surface area (Å²) >= 11 is 0. The van der Waals surface area contributed by atoms with Crippen LogP contribution in [0.15, 0.2) is 16.1 Å². The summed E-state index contributed by atoms with van der Waals surface area (Å²) in [4.78, 5) is 17.8. The number of hydrogen-bond acceptors (Lipinski definition) is 5. The fourth-order valence-electron chi connectivity index (χ4n) is 2.44. The van der Waals surface area contributed by atoms with E-state index < -0.39 is 28.9 Å². The largest absolute Gasteiger partial charge is 0.396 e. The van der Waals surface area contributed by atoms with E-state index in [1.54, 1.807) is 6.92 Å². The second-order valence-electron chi connectivity index (χ2n) is 4.71. The molecule has 0 saturated heterocycles. The van der Waals surface area contributed by atoms with Crippen LogP contribution in [0.25, 0.3) is 10.4 Å². The van der Waals surface area contributed by atoms with Crippen molar-refractivity contribution in [1.82, 2.24) is 9.55 Å². The van der Waals surface area contributed by atoms with Crippen LogP contribution in [-0.2, 0) is 0 Å². The topological polar surface area (TPSA) is 130 Å². The summed E-state index contributed by atoms with van der Waals surface area (Å²) in [5.74, 6) is -1.55. The van der Waals surface area contributed by atoms with Gasteiger partial charge in [0.1, 0.15) is 0 Å². The van der Waals surface area contributed by atoms with Gasteiger partial charge in [-0.05, 0) is 17.9 Å². The van der Waals surface area contributed by atoms with Gasteiger partial charge in [0.05, 0.1) is 11.6 Å². The molecule has 1 aromatic heterocycles. The fourth-order valence-corrected chi connectivity index (χ4v) is 2.44. The maximum Gasteiger partial charge on any atom is 0.349 e. The molecule has 102 valence electrons. The molecule has 1 aliphatic carbocycles. The highest BCUT2D eigenvalue weighted by Gasteiger charge is 2.52. The molecule has 1 aliphatic rings. The van der Waals surface area contributed by atoms with Gasteiger partial charge in [0.15, 0.2) is 11.6 Å². The number of anilines is 1. The van der Waals surface area contributed by atoms with Gasteiger partial charge in [0.25, 0.3) is 0 Å². The van der Waals surface area contributed by atoms with Gasteiger partial charge >= 0.3 is 5.69 Å².